The third kappa shape index (κ3) is 2.97. The lowest BCUT2D eigenvalue weighted by Gasteiger charge is -2.08. The Bertz CT molecular complexity index is 430. The van der Waals surface area contributed by atoms with E-state index in [2.05, 4.69) is 15.9 Å². The van der Waals surface area contributed by atoms with Gasteiger partial charge < -0.3 is 4.74 Å². The Morgan fingerprint density at radius 3 is 2.64 bits per heavy atom. The Kier molecular flexibility index (Phi) is 3.52. The van der Waals surface area contributed by atoms with Gasteiger partial charge in [-0.15, -0.1) is 0 Å². The molecule has 4 nitrogen and oxygen atoms in total. The number of benzene rings is 1. The zero-order chi connectivity index (χ0) is 10.8. The monoisotopic (exact) mass is 279 g/mol. The molecule has 1 rings (SSSR count). The summed E-state index contributed by atoms with van der Waals surface area (Å²) in [5.74, 6) is 0.275. The highest BCUT2D eigenvalue weighted by Crippen LogP contribution is 2.29. The van der Waals surface area contributed by atoms with Crippen molar-refractivity contribution in [2.24, 2.45) is 5.14 Å². The number of methoxy groups -OCH3 is 1. The van der Waals surface area contributed by atoms with Gasteiger partial charge in [-0.1, -0.05) is 12.1 Å². The summed E-state index contributed by atoms with van der Waals surface area (Å²) in [6.07, 6.45) is 0. The van der Waals surface area contributed by atoms with Crippen molar-refractivity contribution < 1.29 is 13.2 Å². The molecule has 78 valence electrons. The number of rotatable bonds is 3. The van der Waals surface area contributed by atoms with Gasteiger partial charge in [-0.3, -0.25) is 0 Å². The predicted molar refractivity (Wildman–Crippen MR) is 57.5 cm³/mol. The first-order valence-electron chi connectivity index (χ1n) is 3.76. The molecule has 0 spiro atoms. The smallest absolute Gasteiger partial charge is 0.213 e. The average Bonchev–Trinajstić information content (AvgIpc) is 2.01. The Balaban J connectivity index is 3.15. The molecule has 0 bridgehead atoms. The fourth-order valence-electron chi connectivity index (χ4n) is 1.11. The second-order valence-electron chi connectivity index (χ2n) is 2.74. The average molecular weight is 280 g/mol. The Hall–Kier alpha value is -0.590. The molecule has 0 amide bonds. The summed E-state index contributed by atoms with van der Waals surface area (Å²) in [6.45, 7) is 0. The molecular weight excluding hydrogens is 270 g/mol. The summed E-state index contributed by atoms with van der Waals surface area (Å²) in [5, 5.41) is 4.94. The fourth-order valence-corrected chi connectivity index (χ4v) is 2.34. The lowest BCUT2D eigenvalue weighted by molar-refractivity contribution is 0.408. The highest BCUT2D eigenvalue weighted by molar-refractivity contribution is 9.10. The summed E-state index contributed by atoms with van der Waals surface area (Å²) in [4.78, 5) is 0. The number of ether oxygens (including phenoxy) is 1. The number of nitrogens with two attached hydrogens (primary N) is 1. The zero-order valence-electron chi connectivity index (χ0n) is 7.53. The second kappa shape index (κ2) is 4.29. The van der Waals surface area contributed by atoms with Gasteiger partial charge >= 0.3 is 0 Å². The third-order valence-electron chi connectivity index (χ3n) is 1.61. The van der Waals surface area contributed by atoms with E-state index < -0.39 is 10.0 Å². The molecule has 6 heteroatoms. The van der Waals surface area contributed by atoms with Crippen molar-refractivity contribution in [1.82, 2.24) is 0 Å². The van der Waals surface area contributed by atoms with Crippen LogP contribution in [0.25, 0.3) is 0 Å². The molecule has 1 aromatic carbocycles. The third-order valence-corrected chi connectivity index (χ3v) is 2.95. The summed E-state index contributed by atoms with van der Waals surface area (Å²) < 4.78 is 27.5. The second-order valence-corrected chi connectivity index (χ2v) is 5.21. The Morgan fingerprint density at radius 1 is 1.50 bits per heavy atom. The molecule has 1 aromatic rings. The number of hydrogen-bond donors (Lipinski definition) is 1. The molecule has 0 aliphatic heterocycles. The van der Waals surface area contributed by atoms with Crippen LogP contribution in [0.2, 0.25) is 0 Å². The molecule has 0 atom stereocenters. The zero-order valence-corrected chi connectivity index (χ0v) is 9.93. The maximum Gasteiger partial charge on any atom is 0.213 e. The molecule has 2 N–H and O–H groups in total. The number of sulfonamides is 1. The summed E-state index contributed by atoms with van der Waals surface area (Å²) in [7, 11) is -2.05. The number of para-hydroxylation sites is 1. The van der Waals surface area contributed by atoms with Crippen LogP contribution < -0.4 is 9.88 Å². The van der Waals surface area contributed by atoms with Crippen LogP contribution in [0.15, 0.2) is 22.7 Å². The van der Waals surface area contributed by atoms with Crippen molar-refractivity contribution in [2.75, 3.05) is 7.11 Å². The van der Waals surface area contributed by atoms with Crippen LogP contribution in [0.1, 0.15) is 5.56 Å². The minimum absolute atomic E-state index is 0.227. The van der Waals surface area contributed by atoms with Crippen molar-refractivity contribution >= 4 is 26.0 Å². The minimum Gasteiger partial charge on any atom is -0.495 e. The molecule has 0 unspecified atom stereocenters. The van der Waals surface area contributed by atoms with Gasteiger partial charge in [0.25, 0.3) is 0 Å². The van der Waals surface area contributed by atoms with Gasteiger partial charge in [0, 0.05) is 5.56 Å². The highest BCUT2D eigenvalue weighted by atomic mass is 79.9. The van der Waals surface area contributed by atoms with Gasteiger partial charge in [0.2, 0.25) is 10.0 Å². The summed E-state index contributed by atoms with van der Waals surface area (Å²) in [5.41, 5.74) is 0.546. The lowest BCUT2D eigenvalue weighted by atomic mass is 10.2. The maximum absolute atomic E-state index is 10.9. The molecule has 0 aromatic heterocycles. The van der Waals surface area contributed by atoms with E-state index in [1.807, 2.05) is 0 Å². The first-order valence-corrected chi connectivity index (χ1v) is 6.27. The molecule has 0 saturated carbocycles. The largest absolute Gasteiger partial charge is 0.495 e. The van der Waals surface area contributed by atoms with Gasteiger partial charge in [-0.05, 0) is 22.0 Å². The van der Waals surface area contributed by atoms with Gasteiger partial charge in [0.05, 0.1) is 17.3 Å². The van der Waals surface area contributed by atoms with E-state index in [-0.39, 0.29) is 5.75 Å². The molecular formula is C8H10BrNO3S. The van der Waals surface area contributed by atoms with Crippen molar-refractivity contribution in [1.29, 1.82) is 0 Å². The Morgan fingerprint density at radius 2 is 2.14 bits per heavy atom. The normalized spacial score (nSPS) is 11.4. The first kappa shape index (κ1) is 11.5. The molecule has 0 fully saturated rings. The number of halogens is 1. The van der Waals surface area contributed by atoms with Crippen LogP contribution in [0.5, 0.6) is 5.75 Å². The molecule has 0 aliphatic rings. The van der Waals surface area contributed by atoms with E-state index in [0.29, 0.717) is 15.8 Å². The van der Waals surface area contributed by atoms with Gasteiger partial charge in [0.15, 0.2) is 0 Å². The standard InChI is InChI=1S/C8H10BrNO3S/c1-13-8-6(5-14(10,11)12)3-2-4-7(8)9/h2-4H,5H2,1H3,(H2,10,11,12). The van der Waals surface area contributed by atoms with Crippen molar-refractivity contribution in [3.63, 3.8) is 0 Å². The van der Waals surface area contributed by atoms with E-state index in [0.717, 1.165) is 0 Å². The van der Waals surface area contributed by atoms with E-state index in [4.69, 9.17) is 9.88 Å². The summed E-state index contributed by atoms with van der Waals surface area (Å²) >= 11 is 3.25. The fraction of sp³-hybridized carbons (Fsp3) is 0.250. The van der Waals surface area contributed by atoms with Crippen LogP contribution in [-0.4, -0.2) is 15.5 Å². The topological polar surface area (TPSA) is 69.4 Å². The van der Waals surface area contributed by atoms with Gasteiger partial charge in [-0.25, -0.2) is 13.6 Å². The molecule has 0 saturated heterocycles. The van der Waals surface area contributed by atoms with Crippen molar-refractivity contribution in [3.8, 4) is 5.75 Å². The van der Waals surface area contributed by atoms with Crippen LogP contribution in [0, 0.1) is 0 Å². The van der Waals surface area contributed by atoms with Crippen LogP contribution in [-0.2, 0) is 15.8 Å². The maximum atomic E-state index is 10.9. The van der Waals surface area contributed by atoms with E-state index in [1.165, 1.54) is 7.11 Å². The quantitative estimate of drug-likeness (QED) is 0.905. The summed E-state index contributed by atoms with van der Waals surface area (Å²) in [6, 6.07) is 5.16. The van der Waals surface area contributed by atoms with Crippen molar-refractivity contribution in [2.45, 2.75) is 5.75 Å². The van der Waals surface area contributed by atoms with Crippen LogP contribution >= 0.6 is 15.9 Å². The van der Waals surface area contributed by atoms with Gasteiger partial charge in [0.1, 0.15) is 5.75 Å². The SMILES string of the molecule is COc1c(Br)cccc1CS(N)(=O)=O. The minimum atomic E-state index is -3.53. The van der Waals surface area contributed by atoms with Crippen molar-refractivity contribution in [3.05, 3.63) is 28.2 Å². The van der Waals surface area contributed by atoms with E-state index in [9.17, 15) is 8.42 Å². The van der Waals surface area contributed by atoms with Gasteiger partial charge in [-0.2, -0.15) is 0 Å². The first-order chi connectivity index (χ1) is 6.44. The van der Waals surface area contributed by atoms with E-state index >= 15 is 0 Å². The molecule has 14 heavy (non-hydrogen) atoms. The molecule has 0 heterocycles. The van der Waals surface area contributed by atoms with Crippen LogP contribution in [0.3, 0.4) is 0 Å². The predicted octanol–water partition coefficient (Wildman–Crippen LogP) is 1.25. The molecule has 0 radical (unpaired) electrons. The highest BCUT2D eigenvalue weighted by Gasteiger charge is 2.12. The Labute approximate surface area is 91.2 Å². The number of primary sulfonamides is 1. The van der Waals surface area contributed by atoms with E-state index in [1.54, 1.807) is 18.2 Å². The molecule has 0 aliphatic carbocycles. The number of hydrogen-bond acceptors (Lipinski definition) is 3. The van der Waals surface area contributed by atoms with Crippen LogP contribution in [0.4, 0.5) is 0 Å². The lowest BCUT2D eigenvalue weighted by Crippen LogP contribution is -2.15.